The lowest BCUT2D eigenvalue weighted by Gasteiger charge is -2.38. The molecule has 14 heavy (non-hydrogen) atoms. The van der Waals surface area contributed by atoms with Crippen molar-refractivity contribution in [3.8, 4) is 0 Å². The van der Waals surface area contributed by atoms with Crippen LogP contribution in [0.25, 0.3) is 0 Å². The van der Waals surface area contributed by atoms with Crippen LogP contribution in [0.15, 0.2) is 10.9 Å². The third-order valence-corrected chi connectivity index (χ3v) is 3.07. The summed E-state index contributed by atoms with van der Waals surface area (Å²) in [5.41, 5.74) is 0. The summed E-state index contributed by atoms with van der Waals surface area (Å²) in [5.74, 6) is 2.47. The molecule has 4 heteroatoms. The van der Waals surface area contributed by atoms with E-state index in [1.807, 2.05) is 0 Å². The Morgan fingerprint density at radius 2 is 2.36 bits per heavy atom. The number of rotatable bonds is 4. The van der Waals surface area contributed by atoms with Crippen molar-refractivity contribution in [2.45, 2.75) is 39.3 Å². The quantitative estimate of drug-likeness (QED) is 0.792. The molecule has 0 radical (unpaired) electrons. The largest absolute Gasteiger partial charge is 0.343 e. The topological polar surface area (TPSA) is 51.0 Å². The van der Waals surface area contributed by atoms with E-state index in [0.29, 0.717) is 6.04 Å². The van der Waals surface area contributed by atoms with E-state index >= 15 is 0 Å². The first-order valence-corrected chi connectivity index (χ1v) is 5.24. The summed E-state index contributed by atoms with van der Waals surface area (Å²) in [4.78, 5) is 3.96. The Kier molecular flexibility index (Phi) is 2.82. The zero-order valence-electron chi connectivity index (χ0n) is 8.73. The molecule has 1 N–H and O–H groups in total. The first kappa shape index (κ1) is 9.65. The predicted molar refractivity (Wildman–Crippen MR) is 52.5 cm³/mol. The van der Waals surface area contributed by atoms with Gasteiger partial charge in [0.2, 0.25) is 6.39 Å². The van der Waals surface area contributed by atoms with Crippen LogP contribution < -0.4 is 5.32 Å². The molecule has 1 aromatic rings. The molecule has 1 aliphatic carbocycles. The van der Waals surface area contributed by atoms with Gasteiger partial charge >= 0.3 is 0 Å². The Hall–Kier alpha value is -0.900. The van der Waals surface area contributed by atoms with Gasteiger partial charge in [-0.25, -0.2) is 0 Å². The van der Waals surface area contributed by atoms with Crippen molar-refractivity contribution >= 4 is 0 Å². The van der Waals surface area contributed by atoms with E-state index in [2.05, 4.69) is 33.8 Å². The Morgan fingerprint density at radius 3 is 2.93 bits per heavy atom. The normalized spacial score (nSPS) is 26.5. The smallest absolute Gasteiger partial charge is 0.213 e. The molecule has 0 spiro atoms. The summed E-state index contributed by atoms with van der Waals surface area (Å²) in [6.45, 7) is 5.31. The first-order chi connectivity index (χ1) is 6.75. The number of nitrogens with zero attached hydrogens (tertiary/aromatic N) is 2. The SMILES string of the molecule is CC(C)C1CC(NCc2ncon2)C1. The number of hydrogen-bond donors (Lipinski definition) is 1. The van der Waals surface area contributed by atoms with Crippen LogP contribution in [0, 0.1) is 11.8 Å². The van der Waals surface area contributed by atoms with Crippen LogP contribution in [-0.2, 0) is 6.54 Å². The van der Waals surface area contributed by atoms with Gasteiger partial charge < -0.3 is 9.84 Å². The van der Waals surface area contributed by atoms with Crippen LogP contribution in [0.5, 0.6) is 0 Å². The molecule has 0 aromatic carbocycles. The fraction of sp³-hybridized carbons (Fsp3) is 0.800. The molecule has 0 unspecified atom stereocenters. The molecular formula is C10H17N3O. The van der Waals surface area contributed by atoms with Gasteiger partial charge in [0.25, 0.3) is 0 Å². The summed E-state index contributed by atoms with van der Waals surface area (Å²) in [6.07, 6.45) is 3.94. The summed E-state index contributed by atoms with van der Waals surface area (Å²) < 4.78 is 4.66. The van der Waals surface area contributed by atoms with Gasteiger partial charge in [0.05, 0.1) is 6.54 Å². The summed E-state index contributed by atoms with van der Waals surface area (Å²) >= 11 is 0. The second-order valence-electron chi connectivity index (χ2n) is 4.40. The van der Waals surface area contributed by atoms with E-state index in [9.17, 15) is 0 Å². The molecule has 0 bridgehead atoms. The fourth-order valence-electron chi connectivity index (χ4n) is 1.88. The van der Waals surface area contributed by atoms with Gasteiger partial charge in [-0.3, -0.25) is 0 Å². The molecule has 1 heterocycles. The van der Waals surface area contributed by atoms with Crippen LogP contribution in [-0.4, -0.2) is 16.2 Å². The molecule has 0 aliphatic heterocycles. The minimum atomic E-state index is 0.654. The number of aromatic nitrogens is 2. The van der Waals surface area contributed by atoms with E-state index < -0.39 is 0 Å². The lowest BCUT2D eigenvalue weighted by Crippen LogP contribution is -2.42. The van der Waals surface area contributed by atoms with Crippen LogP contribution >= 0.6 is 0 Å². The van der Waals surface area contributed by atoms with E-state index in [1.54, 1.807) is 0 Å². The molecule has 4 nitrogen and oxygen atoms in total. The van der Waals surface area contributed by atoms with E-state index in [0.717, 1.165) is 24.2 Å². The second kappa shape index (κ2) is 4.09. The second-order valence-corrected chi connectivity index (χ2v) is 4.40. The van der Waals surface area contributed by atoms with Crippen LogP contribution in [0.4, 0.5) is 0 Å². The summed E-state index contributed by atoms with van der Waals surface area (Å²) in [5, 5.41) is 7.17. The molecule has 0 atom stereocenters. The minimum absolute atomic E-state index is 0.654. The molecule has 2 rings (SSSR count). The Bertz CT molecular complexity index is 265. The van der Waals surface area contributed by atoms with Crippen molar-refractivity contribution in [2.75, 3.05) is 0 Å². The molecule has 0 amide bonds. The standard InChI is InChI=1S/C10H17N3O/c1-7(2)8-3-9(4-8)11-5-10-12-6-14-13-10/h6-9,11H,3-5H2,1-2H3. The summed E-state index contributed by atoms with van der Waals surface area (Å²) in [6, 6.07) is 0.654. The highest BCUT2D eigenvalue weighted by Gasteiger charge is 2.30. The van der Waals surface area contributed by atoms with Crippen molar-refractivity contribution in [1.82, 2.24) is 15.5 Å². The van der Waals surface area contributed by atoms with Crippen molar-refractivity contribution in [3.05, 3.63) is 12.2 Å². The predicted octanol–water partition coefficient (Wildman–Crippen LogP) is 1.59. The molecular weight excluding hydrogens is 178 g/mol. The monoisotopic (exact) mass is 195 g/mol. The number of nitrogens with one attached hydrogen (secondary N) is 1. The highest BCUT2D eigenvalue weighted by atomic mass is 16.5. The maximum atomic E-state index is 4.66. The molecule has 1 saturated carbocycles. The van der Waals surface area contributed by atoms with Gasteiger partial charge in [-0.15, -0.1) is 0 Å². The van der Waals surface area contributed by atoms with Gasteiger partial charge in [0, 0.05) is 6.04 Å². The first-order valence-electron chi connectivity index (χ1n) is 5.24. The van der Waals surface area contributed by atoms with Gasteiger partial charge in [0.15, 0.2) is 5.82 Å². The highest BCUT2D eigenvalue weighted by molar-refractivity contribution is 4.88. The van der Waals surface area contributed by atoms with Gasteiger partial charge in [-0.05, 0) is 24.7 Å². The van der Waals surface area contributed by atoms with E-state index in [1.165, 1.54) is 19.2 Å². The van der Waals surface area contributed by atoms with Crippen molar-refractivity contribution in [2.24, 2.45) is 11.8 Å². The Morgan fingerprint density at radius 1 is 1.57 bits per heavy atom. The minimum Gasteiger partial charge on any atom is -0.343 e. The molecule has 1 aromatic heterocycles. The Labute approximate surface area is 84.1 Å². The third kappa shape index (κ3) is 2.12. The van der Waals surface area contributed by atoms with Gasteiger partial charge in [-0.2, -0.15) is 4.98 Å². The maximum absolute atomic E-state index is 4.66. The molecule has 78 valence electrons. The maximum Gasteiger partial charge on any atom is 0.213 e. The van der Waals surface area contributed by atoms with E-state index in [-0.39, 0.29) is 0 Å². The molecule has 1 fully saturated rings. The lowest BCUT2D eigenvalue weighted by atomic mass is 9.74. The average molecular weight is 195 g/mol. The van der Waals surface area contributed by atoms with Crippen LogP contribution in [0.3, 0.4) is 0 Å². The zero-order valence-corrected chi connectivity index (χ0v) is 8.73. The van der Waals surface area contributed by atoms with E-state index in [4.69, 9.17) is 0 Å². The summed E-state index contributed by atoms with van der Waals surface area (Å²) in [7, 11) is 0. The van der Waals surface area contributed by atoms with Crippen LogP contribution in [0.2, 0.25) is 0 Å². The highest BCUT2D eigenvalue weighted by Crippen LogP contribution is 2.33. The molecule has 0 saturated heterocycles. The van der Waals surface area contributed by atoms with Gasteiger partial charge in [-0.1, -0.05) is 19.0 Å². The average Bonchev–Trinajstić information content (AvgIpc) is 2.52. The van der Waals surface area contributed by atoms with Gasteiger partial charge in [0.1, 0.15) is 0 Å². The lowest BCUT2D eigenvalue weighted by molar-refractivity contribution is 0.166. The van der Waals surface area contributed by atoms with Crippen molar-refractivity contribution in [1.29, 1.82) is 0 Å². The van der Waals surface area contributed by atoms with Crippen molar-refractivity contribution in [3.63, 3.8) is 0 Å². The Balaban J connectivity index is 1.65. The fourth-order valence-corrected chi connectivity index (χ4v) is 1.88. The third-order valence-electron chi connectivity index (χ3n) is 3.07. The van der Waals surface area contributed by atoms with Crippen LogP contribution in [0.1, 0.15) is 32.5 Å². The van der Waals surface area contributed by atoms with Crippen molar-refractivity contribution < 1.29 is 4.52 Å². The number of hydrogen-bond acceptors (Lipinski definition) is 4. The zero-order chi connectivity index (χ0) is 9.97. The molecule has 1 aliphatic rings.